The first-order valence-electron chi connectivity index (χ1n) is 7.04. The molecular weight excluding hydrogens is 283 g/mol. The van der Waals surface area contributed by atoms with Gasteiger partial charge in [-0.3, -0.25) is 9.69 Å². The molecule has 2 aromatic carbocycles. The van der Waals surface area contributed by atoms with Crippen LogP contribution in [-0.2, 0) is 17.8 Å². The van der Waals surface area contributed by atoms with Crippen molar-refractivity contribution < 1.29 is 14.0 Å². The Morgan fingerprint density at radius 1 is 1.00 bits per heavy atom. The minimum Gasteiger partial charge on any atom is -0.325 e. The quantitative estimate of drug-likeness (QED) is 0.882. The normalized spacial score (nSPS) is 17.7. The van der Waals surface area contributed by atoms with Crippen LogP contribution in [0.5, 0.6) is 0 Å². The number of benzene rings is 2. The van der Waals surface area contributed by atoms with Crippen LogP contribution in [0, 0.1) is 5.82 Å². The second kappa shape index (κ2) is 5.97. The molecule has 1 heterocycles. The van der Waals surface area contributed by atoms with Gasteiger partial charge in [0.05, 0.1) is 6.54 Å². The van der Waals surface area contributed by atoms with Gasteiger partial charge in [-0.05, 0) is 11.6 Å². The second-order valence-electron chi connectivity index (χ2n) is 5.21. The summed E-state index contributed by atoms with van der Waals surface area (Å²) in [4.78, 5) is 25.4. The van der Waals surface area contributed by atoms with Crippen molar-refractivity contribution in [3.63, 3.8) is 0 Å². The molecule has 1 unspecified atom stereocenters. The molecule has 2 aromatic rings. The third-order valence-electron chi connectivity index (χ3n) is 3.68. The highest BCUT2D eigenvalue weighted by atomic mass is 19.1. The van der Waals surface area contributed by atoms with Crippen molar-refractivity contribution in [2.75, 3.05) is 0 Å². The Morgan fingerprint density at radius 3 is 2.41 bits per heavy atom. The molecule has 112 valence electrons. The number of imide groups is 1. The van der Waals surface area contributed by atoms with E-state index in [0.717, 1.165) is 10.5 Å². The van der Waals surface area contributed by atoms with E-state index in [-0.39, 0.29) is 12.5 Å². The molecule has 1 N–H and O–H groups in total. The highest BCUT2D eigenvalue weighted by Gasteiger charge is 2.38. The third-order valence-corrected chi connectivity index (χ3v) is 3.68. The number of amides is 3. The second-order valence-corrected chi connectivity index (χ2v) is 5.21. The van der Waals surface area contributed by atoms with E-state index in [2.05, 4.69) is 5.32 Å². The van der Waals surface area contributed by atoms with Gasteiger partial charge < -0.3 is 5.32 Å². The average molecular weight is 298 g/mol. The zero-order chi connectivity index (χ0) is 15.5. The van der Waals surface area contributed by atoms with E-state index in [1.807, 2.05) is 30.3 Å². The van der Waals surface area contributed by atoms with Crippen molar-refractivity contribution in [1.29, 1.82) is 0 Å². The third kappa shape index (κ3) is 2.83. The van der Waals surface area contributed by atoms with Gasteiger partial charge in [0.25, 0.3) is 5.91 Å². The van der Waals surface area contributed by atoms with Crippen LogP contribution in [0.3, 0.4) is 0 Å². The van der Waals surface area contributed by atoms with Crippen LogP contribution in [0.2, 0.25) is 0 Å². The van der Waals surface area contributed by atoms with Crippen molar-refractivity contribution in [3.8, 4) is 0 Å². The highest BCUT2D eigenvalue weighted by molar-refractivity contribution is 6.04. The number of carbonyl (C=O) groups is 2. The Morgan fingerprint density at radius 2 is 1.68 bits per heavy atom. The van der Waals surface area contributed by atoms with Gasteiger partial charge in [0.15, 0.2) is 0 Å². The number of carbonyl (C=O) groups excluding carboxylic acids is 2. The number of urea groups is 1. The van der Waals surface area contributed by atoms with E-state index < -0.39 is 17.9 Å². The maximum Gasteiger partial charge on any atom is 0.325 e. The minimum atomic E-state index is -0.596. The molecule has 0 spiro atoms. The maximum atomic E-state index is 13.7. The molecule has 0 radical (unpaired) electrons. The van der Waals surface area contributed by atoms with Gasteiger partial charge in [0.2, 0.25) is 0 Å². The predicted molar refractivity (Wildman–Crippen MR) is 79.4 cm³/mol. The monoisotopic (exact) mass is 298 g/mol. The zero-order valence-electron chi connectivity index (χ0n) is 11.8. The molecular formula is C17H15FN2O2. The van der Waals surface area contributed by atoms with Crippen molar-refractivity contribution in [1.82, 2.24) is 10.2 Å². The summed E-state index contributed by atoms with van der Waals surface area (Å²) in [7, 11) is 0. The summed E-state index contributed by atoms with van der Waals surface area (Å²) in [5.41, 5.74) is 1.29. The lowest BCUT2D eigenvalue weighted by molar-refractivity contribution is -0.127. The largest absolute Gasteiger partial charge is 0.325 e. The van der Waals surface area contributed by atoms with Gasteiger partial charge in [-0.1, -0.05) is 48.5 Å². The summed E-state index contributed by atoms with van der Waals surface area (Å²) < 4.78 is 13.7. The van der Waals surface area contributed by atoms with E-state index in [4.69, 9.17) is 0 Å². The van der Waals surface area contributed by atoms with E-state index in [9.17, 15) is 14.0 Å². The van der Waals surface area contributed by atoms with E-state index in [1.165, 1.54) is 6.07 Å². The fraction of sp³-hybridized carbons (Fsp3) is 0.176. The summed E-state index contributed by atoms with van der Waals surface area (Å²) in [5.74, 6) is -0.744. The van der Waals surface area contributed by atoms with Crippen molar-refractivity contribution in [2.24, 2.45) is 0 Å². The van der Waals surface area contributed by atoms with Crippen LogP contribution in [0.1, 0.15) is 11.1 Å². The molecule has 3 rings (SSSR count). The topological polar surface area (TPSA) is 49.4 Å². The minimum absolute atomic E-state index is 0.0529. The lowest BCUT2D eigenvalue weighted by Gasteiger charge is -2.13. The predicted octanol–water partition coefficient (Wildman–Crippen LogP) is 2.49. The number of hydrogen-bond donors (Lipinski definition) is 1. The molecule has 0 aromatic heterocycles. The summed E-state index contributed by atoms with van der Waals surface area (Å²) in [6.07, 6.45) is 0.430. The SMILES string of the molecule is O=C1NC(Cc2ccccc2)C(=O)N1Cc1ccccc1F. The van der Waals surface area contributed by atoms with Gasteiger partial charge in [-0.15, -0.1) is 0 Å². The lowest BCUT2D eigenvalue weighted by Crippen LogP contribution is -2.32. The average Bonchev–Trinajstić information content (AvgIpc) is 2.78. The van der Waals surface area contributed by atoms with Crippen LogP contribution >= 0.6 is 0 Å². The van der Waals surface area contributed by atoms with Gasteiger partial charge in [0, 0.05) is 12.0 Å². The van der Waals surface area contributed by atoms with E-state index in [1.54, 1.807) is 18.2 Å². The number of halogens is 1. The van der Waals surface area contributed by atoms with Gasteiger partial charge in [-0.2, -0.15) is 0 Å². The summed E-state index contributed by atoms with van der Waals surface area (Å²) in [6, 6.07) is 14.5. The summed E-state index contributed by atoms with van der Waals surface area (Å²) in [5, 5.41) is 2.66. The number of nitrogens with zero attached hydrogens (tertiary/aromatic N) is 1. The Kier molecular flexibility index (Phi) is 3.87. The van der Waals surface area contributed by atoms with Crippen molar-refractivity contribution >= 4 is 11.9 Å². The summed E-state index contributed by atoms with van der Waals surface area (Å²) in [6.45, 7) is -0.0529. The smallest absolute Gasteiger partial charge is 0.325 e. The van der Waals surface area contributed by atoms with E-state index >= 15 is 0 Å². The first-order chi connectivity index (χ1) is 10.6. The Hall–Kier alpha value is -2.69. The molecule has 22 heavy (non-hydrogen) atoms. The lowest BCUT2D eigenvalue weighted by atomic mass is 10.1. The Labute approximate surface area is 127 Å². The van der Waals surface area contributed by atoms with Gasteiger partial charge in [-0.25, -0.2) is 9.18 Å². The van der Waals surface area contributed by atoms with Crippen LogP contribution < -0.4 is 5.32 Å². The van der Waals surface area contributed by atoms with Gasteiger partial charge >= 0.3 is 6.03 Å². The fourth-order valence-electron chi connectivity index (χ4n) is 2.51. The Balaban J connectivity index is 1.73. The van der Waals surface area contributed by atoms with Crippen molar-refractivity contribution in [3.05, 3.63) is 71.5 Å². The molecule has 1 aliphatic rings. The highest BCUT2D eigenvalue weighted by Crippen LogP contribution is 2.17. The molecule has 3 amide bonds. The molecule has 0 bridgehead atoms. The number of nitrogens with one attached hydrogen (secondary N) is 1. The van der Waals surface area contributed by atoms with Crippen molar-refractivity contribution in [2.45, 2.75) is 19.0 Å². The fourth-order valence-corrected chi connectivity index (χ4v) is 2.51. The molecule has 1 atom stereocenters. The molecule has 0 aliphatic carbocycles. The van der Waals surface area contributed by atoms with Crippen LogP contribution in [0.15, 0.2) is 54.6 Å². The standard InChI is InChI=1S/C17H15FN2O2/c18-14-9-5-4-8-13(14)11-20-16(21)15(19-17(20)22)10-12-6-2-1-3-7-12/h1-9,15H,10-11H2,(H,19,22). The molecule has 4 nitrogen and oxygen atoms in total. The zero-order valence-corrected chi connectivity index (χ0v) is 11.8. The number of rotatable bonds is 4. The van der Waals surface area contributed by atoms with Crippen LogP contribution in [0.25, 0.3) is 0 Å². The maximum absolute atomic E-state index is 13.7. The molecule has 1 fully saturated rings. The van der Waals surface area contributed by atoms with Crippen LogP contribution in [-0.4, -0.2) is 22.9 Å². The molecule has 5 heteroatoms. The van der Waals surface area contributed by atoms with E-state index in [0.29, 0.717) is 12.0 Å². The Bertz CT molecular complexity index is 703. The number of hydrogen-bond acceptors (Lipinski definition) is 2. The first-order valence-corrected chi connectivity index (χ1v) is 7.04. The molecule has 1 saturated heterocycles. The summed E-state index contributed by atoms with van der Waals surface area (Å²) >= 11 is 0. The van der Waals surface area contributed by atoms with Gasteiger partial charge in [0.1, 0.15) is 11.9 Å². The molecule has 0 saturated carbocycles. The molecule has 1 aliphatic heterocycles. The van der Waals surface area contributed by atoms with Crippen LogP contribution in [0.4, 0.5) is 9.18 Å². The first kappa shape index (κ1) is 14.3.